The van der Waals surface area contributed by atoms with Crippen molar-refractivity contribution in [3.63, 3.8) is 0 Å². The predicted octanol–water partition coefficient (Wildman–Crippen LogP) is 0.0303. The van der Waals surface area contributed by atoms with Gasteiger partial charge in [0.25, 0.3) is 5.91 Å². The number of hydrogen-bond donors (Lipinski definition) is 1. The van der Waals surface area contributed by atoms with E-state index in [1.54, 1.807) is 18.9 Å². The Morgan fingerprint density at radius 2 is 1.83 bits per heavy atom. The number of amides is 1. The average molecular weight is 258 g/mol. The van der Waals surface area contributed by atoms with Crippen molar-refractivity contribution in [2.75, 3.05) is 39.8 Å². The maximum absolute atomic E-state index is 12.3. The molecule has 0 bridgehead atoms. The zero-order valence-corrected chi connectivity index (χ0v) is 11.3. The van der Waals surface area contributed by atoms with Crippen LogP contribution in [0.2, 0.25) is 0 Å². The fourth-order valence-corrected chi connectivity index (χ4v) is 2.02. The lowest BCUT2D eigenvalue weighted by Crippen LogP contribution is -2.55. The van der Waals surface area contributed by atoms with Gasteiger partial charge >= 0.3 is 5.97 Å². The van der Waals surface area contributed by atoms with Crippen molar-refractivity contribution in [2.24, 2.45) is 0 Å². The third kappa shape index (κ3) is 3.43. The van der Waals surface area contributed by atoms with E-state index in [1.165, 1.54) is 0 Å². The van der Waals surface area contributed by atoms with Crippen LogP contribution < -0.4 is 0 Å². The molecule has 6 heteroatoms. The summed E-state index contributed by atoms with van der Waals surface area (Å²) in [5.41, 5.74) is -0.769. The van der Waals surface area contributed by atoms with E-state index in [-0.39, 0.29) is 12.5 Å². The summed E-state index contributed by atoms with van der Waals surface area (Å²) in [5.74, 6) is -0.840. The van der Waals surface area contributed by atoms with Crippen molar-refractivity contribution < 1.29 is 19.4 Å². The van der Waals surface area contributed by atoms with E-state index >= 15 is 0 Å². The number of carbonyl (C=O) groups excluding carboxylic acids is 1. The first-order valence-electron chi connectivity index (χ1n) is 6.21. The minimum absolute atomic E-state index is 0.0116. The van der Waals surface area contributed by atoms with Crippen molar-refractivity contribution in [1.29, 1.82) is 0 Å². The molecule has 0 aromatic heterocycles. The van der Waals surface area contributed by atoms with Crippen molar-refractivity contribution in [3.8, 4) is 0 Å². The Kier molecular flexibility index (Phi) is 5.10. The van der Waals surface area contributed by atoms with Crippen molar-refractivity contribution >= 4 is 11.9 Å². The number of rotatable bonds is 5. The first kappa shape index (κ1) is 14.9. The highest BCUT2D eigenvalue weighted by Gasteiger charge is 2.36. The molecular weight excluding hydrogens is 236 g/mol. The Morgan fingerprint density at radius 3 is 2.22 bits per heavy atom. The molecule has 1 saturated heterocycles. The first-order valence-corrected chi connectivity index (χ1v) is 6.21. The fourth-order valence-electron chi connectivity index (χ4n) is 2.02. The first-order chi connectivity index (χ1) is 8.42. The van der Waals surface area contributed by atoms with E-state index in [4.69, 9.17) is 9.84 Å². The second-order valence-corrected chi connectivity index (χ2v) is 4.75. The molecule has 1 fully saturated rings. The number of hydrogen-bond acceptors (Lipinski definition) is 4. The predicted molar refractivity (Wildman–Crippen MR) is 66.4 cm³/mol. The van der Waals surface area contributed by atoms with Gasteiger partial charge in [0.1, 0.15) is 5.60 Å². The number of ether oxygens (including phenoxy) is 1. The van der Waals surface area contributed by atoms with Crippen molar-refractivity contribution in [2.45, 2.75) is 25.9 Å². The van der Waals surface area contributed by atoms with Gasteiger partial charge in [-0.2, -0.15) is 0 Å². The Balaban J connectivity index is 2.52. The van der Waals surface area contributed by atoms with Crippen LogP contribution in [-0.4, -0.2) is 72.2 Å². The van der Waals surface area contributed by atoms with Crippen LogP contribution in [0.15, 0.2) is 0 Å². The van der Waals surface area contributed by atoms with Crippen LogP contribution in [0.1, 0.15) is 20.3 Å². The van der Waals surface area contributed by atoms with E-state index in [2.05, 4.69) is 0 Å². The minimum Gasteiger partial charge on any atom is -0.480 e. The molecule has 0 radical (unpaired) electrons. The molecular formula is C12H22N2O4. The molecule has 6 nitrogen and oxygen atoms in total. The molecule has 0 aromatic rings. The number of piperazine rings is 1. The highest BCUT2D eigenvalue weighted by molar-refractivity contribution is 5.85. The maximum Gasteiger partial charge on any atom is 0.317 e. The number of methoxy groups -OCH3 is 1. The summed E-state index contributed by atoms with van der Waals surface area (Å²) in [5, 5.41) is 8.70. The average Bonchev–Trinajstić information content (AvgIpc) is 2.37. The largest absolute Gasteiger partial charge is 0.480 e. The third-order valence-corrected chi connectivity index (χ3v) is 3.60. The van der Waals surface area contributed by atoms with Gasteiger partial charge in [-0.25, -0.2) is 0 Å². The molecule has 0 saturated carbocycles. The van der Waals surface area contributed by atoms with Crippen LogP contribution in [0.3, 0.4) is 0 Å². The summed E-state index contributed by atoms with van der Waals surface area (Å²) in [7, 11) is 1.54. The van der Waals surface area contributed by atoms with Gasteiger partial charge in [-0.05, 0) is 13.3 Å². The lowest BCUT2D eigenvalue weighted by Gasteiger charge is -2.38. The van der Waals surface area contributed by atoms with Crippen molar-refractivity contribution in [3.05, 3.63) is 0 Å². The van der Waals surface area contributed by atoms with Crippen LogP contribution in [0, 0.1) is 0 Å². The molecule has 104 valence electrons. The SMILES string of the molecule is CCC(C)(OC)C(=O)N1CCN(CC(=O)O)CC1. The van der Waals surface area contributed by atoms with Gasteiger partial charge in [0, 0.05) is 33.3 Å². The molecule has 1 unspecified atom stereocenters. The summed E-state index contributed by atoms with van der Waals surface area (Å²) in [4.78, 5) is 26.5. The summed E-state index contributed by atoms with van der Waals surface area (Å²) in [6.07, 6.45) is 0.623. The van der Waals surface area contributed by atoms with Crippen LogP contribution >= 0.6 is 0 Å². The molecule has 1 heterocycles. The van der Waals surface area contributed by atoms with Crippen molar-refractivity contribution in [1.82, 2.24) is 9.80 Å². The standard InChI is InChI=1S/C12H22N2O4/c1-4-12(2,18-3)11(17)14-7-5-13(6-8-14)9-10(15)16/h4-9H2,1-3H3,(H,15,16). The fraction of sp³-hybridized carbons (Fsp3) is 0.833. The van der Waals surface area contributed by atoms with E-state index in [9.17, 15) is 9.59 Å². The van der Waals surface area contributed by atoms with E-state index < -0.39 is 11.6 Å². The second-order valence-electron chi connectivity index (χ2n) is 4.75. The van der Waals surface area contributed by atoms with E-state index in [1.807, 2.05) is 11.8 Å². The number of carboxylic acids is 1. The van der Waals surface area contributed by atoms with Crippen LogP contribution in [0.5, 0.6) is 0 Å². The number of nitrogens with zero attached hydrogens (tertiary/aromatic N) is 2. The summed E-state index contributed by atoms with van der Waals surface area (Å²) >= 11 is 0. The molecule has 1 amide bonds. The molecule has 18 heavy (non-hydrogen) atoms. The Hall–Kier alpha value is -1.14. The minimum atomic E-state index is -0.829. The molecule has 1 atom stereocenters. The van der Waals surface area contributed by atoms with Gasteiger partial charge in [0.05, 0.1) is 6.54 Å². The van der Waals surface area contributed by atoms with Gasteiger partial charge < -0.3 is 14.7 Å². The van der Waals surface area contributed by atoms with Gasteiger partial charge in [-0.3, -0.25) is 14.5 Å². The normalized spacial score (nSPS) is 20.5. The van der Waals surface area contributed by atoms with Gasteiger partial charge in [0.2, 0.25) is 0 Å². The van der Waals surface area contributed by atoms with Crippen LogP contribution in [0.25, 0.3) is 0 Å². The third-order valence-electron chi connectivity index (χ3n) is 3.60. The molecule has 1 rings (SSSR count). The number of aliphatic carboxylic acids is 1. The Bertz CT molecular complexity index is 307. The maximum atomic E-state index is 12.3. The zero-order valence-electron chi connectivity index (χ0n) is 11.3. The van der Waals surface area contributed by atoms with Gasteiger partial charge in [-0.15, -0.1) is 0 Å². The highest BCUT2D eigenvalue weighted by atomic mass is 16.5. The van der Waals surface area contributed by atoms with E-state index in [0.717, 1.165) is 0 Å². The van der Waals surface area contributed by atoms with Crippen LogP contribution in [-0.2, 0) is 14.3 Å². The summed E-state index contributed by atoms with van der Waals surface area (Å²) < 4.78 is 5.29. The van der Waals surface area contributed by atoms with E-state index in [0.29, 0.717) is 32.6 Å². The smallest absolute Gasteiger partial charge is 0.317 e. The Labute approximate surface area is 107 Å². The molecule has 1 aliphatic heterocycles. The zero-order chi connectivity index (χ0) is 13.8. The monoisotopic (exact) mass is 258 g/mol. The quantitative estimate of drug-likeness (QED) is 0.753. The number of carboxylic acid groups (broad SMARTS) is 1. The lowest BCUT2D eigenvalue weighted by atomic mass is 10.0. The topological polar surface area (TPSA) is 70.1 Å². The van der Waals surface area contributed by atoms with Crippen LogP contribution in [0.4, 0.5) is 0 Å². The number of carbonyl (C=O) groups is 2. The Morgan fingerprint density at radius 1 is 1.28 bits per heavy atom. The highest BCUT2D eigenvalue weighted by Crippen LogP contribution is 2.18. The molecule has 1 N–H and O–H groups in total. The lowest BCUT2D eigenvalue weighted by molar-refractivity contribution is -0.155. The molecule has 0 spiro atoms. The van der Waals surface area contributed by atoms with Gasteiger partial charge in [0.15, 0.2) is 0 Å². The summed E-state index contributed by atoms with van der Waals surface area (Å²) in [6.45, 7) is 6.07. The molecule has 1 aliphatic rings. The summed E-state index contributed by atoms with van der Waals surface area (Å²) in [6, 6.07) is 0. The molecule has 0 aliphatic carbocycles. The van der Waals surface area contributed by atoms with Gasteiger partial charge in [-0.1, -0.05) is 6.92 Å². The second kappa shape index (κ2) is 6.15. The molecule has 0 aromatic carbocycles.